The van der Waals surface area contributed by atoms with Gasteiger partial charge in [-0.3, -0.25) is 4.79 Å². The van der Waals surface area contributed by atoms with Crippen molar-refractivity contribution in [2.45, 2.75) is 37.9 Å². The number of carbonyl (C=O) groups is 2. The van der Waals surface area contributed by atoms with E-state index in [-0.39, 0.29) is 5.91 Å². The van der Waals surface area contributed by atoms with Crippen molar-refractivity contribution in [3.8, 4) is 0 Å². The summed E-state index contributed by atoms with van der Waals surface area (Å²) in [5, 5.41) is 11.7. The third kappa shape index (κ3) is 3.62. The van der Waals surface area contributed by atoms with E-state index >= 15 is 0 Å². The molecule has 2 heterocycles. The summed E-state index contributed by atoms with van der Waals surface area (Å²) in [4.78, 5) is 22.5. The van der Waals surface area contributed by atoms with Crippen LogP contribution in [0.25, 0.3) is 0 Å². The molecule has 0 bridgehead atoms. The summed E-state index contributed by atoms with van der Waals surface area (Å²) in [5.74, 6) is 1.77. The number of aliphatic carboxylic acids is 1. The number of ether oxygens (including phenoxy) is 1. The quantitative estimate of drug-likeness (QED) is 0.795. The summed E-state index contributed by atoms with van der Waals surface area (Å²) in [7, 11) is 0. The van der Waals surface area contributed by atoms with Crippen LogP contribution in [0.3, 0.4) is 0 Å². The van der Waals surface area contributed by atoms with Crippen molar-refractivity contribution in [1.82, 2.24) is 5.32 Å². The van der Waals surface area contributed by atoms with E-state index in [1.165, 1.54) is 11.5 Å². The molecule has 6 heteroatoms. The van der Waals surface area contributed by atoms with Crippen LogP contribution in [0.2, 0.25) is 0 Å². The lowest BCUT2D eigenvalue weighted by atomic mass is 10.0. The first-order chi connectivity index (χ1) is 8.66. The molecule has 2 fully saturated rings. The Balaban J connectivity index is 1.70. The van der Waals surface area contributed by atoms with Gasteiger partial charge in [0, 0.05) is 6.54 Å². The molecule has 0 aromatic heterocycles. The van der Waals surface area contributed by atoms with E-state index in [0.717, 1.165) is 12.8 Å². The first-order valence-corrected chi connectivity index (χ1v) is 7.56. The van der Waals surface area contributed by atoms with Crippen LogP contribution in [0.1, 0.15) is 25.7 Å². The predicted octanol–water partition coefficient (Wildman–Crippen LogP) is 0.878. The molecule has 2 aliphatic rings. The fourth-order valence-corrected chi connectivity index (χ4v) is 3.53. The maximum Gasteiger partial charge on any atom is 0.332 e. The van der Waals surface area contributed by atoms with Crippen LogP contribution >= 0.6 is 11.8 Å². The largest absolute Gasteiger partial charge is 0.479 e. The maximum absolute atomic E-state index is 11.8. The lowest BCUT2D eigenvalue weighted by Gasteiger charge is -2.22. The number of hydrogen-bond acceptors (Lipinski definition) is 4. The van der Waals surface area contributed by atoms with Gasteiger partial charge in [-0.2, -0.15) is 11.8 Å². The number of amides is 1. The van der Waals surface area contributed by atoms with Crippen LogP contribution in [0.15, 0.2) is 0 Å². The number of carboxylic acid groups (broad SMARTS) is 1. The number of nitrogens with one attached hydrogen (secondary N) is 1. The van der Waals surface area contributed by atoms with Crippen molar-refractivity contribution >= 4 is 23.6 Å². The topological polar surface area (TPSA) is 75.6 Å². The summed E-state index contributed by atoms with van der Waals surface area (Å²) >= 11 is 1.96. The first kappa shape index (κ1) is 13.7. The van der Waals surface area contributed by atoms with Crippen molar-refractivity contribution in [3.63, 3.8) is 0 Å². The minimum atomic E-state index is -0.977. The molecule has 2 N–H and O–H groups in total. The van der Waals surface area contributed by atoms with E-state index in [1.54, 1.807) is 0 Å². The standard InChI is InChI=1S/C12H19NO4S/c14-11(9-1-2-10(17-9)12(15)16)13-7-8-3-5-18-6-4-8/h8-10H,1-7H2,(H,13,14)(H,15,16). The van der Waals surface area contributed by atoms with Crippen LogP contribution in [0.4, 0.5) is 0 Å². The lowest BCUT2D eigenvalue weighted by Crippen LogP contribution is -2.38. The van der Waals surface area contributed by atoms with E-state index in [0.29, 0.717) is 25.3 Å². The second-order valence-corrected chi connectivity index (χ2v) is 6.05. The molecule has 2 atom stereocenters. The number of thioether (sulfide) groups is 1. The monoisotopic (exact) mass is 273 g/mol. The second-order valence-electron chi connectivity index (χ2n) is 4.83. The third-order valence-corrected chi connectivity index (χ3v) is 4.54. The minimum absolute atomic E-state index is 0.156. The third-order valence-electron chi connectivity index (χ3n) is 3.49. The summed E-state index contributed by atoms with van der Waals surface area (Å²) < 4.78 is 5.21. The van der Waals surface area contributed by atoms with Gasteiger partial charge < -0.3 is 15.2 Å². The van der Waals surface area contributed by atoms with Gasteiger partial charge in [0.05, 0.1) is 0 Å². The highest BCUT2D eigenvalue weighted by Crippen LogP contribution is 2.23. The van der Waals surface area contributed by atoms with Crippen LogP contribution in [0.5, 0.6) is 0 Å². The average molecular weight is 273 g/mol. The van der Waals surface area contributed by atoms with Crippen LogP contribution < -0.4 is 5.32 Å². The van der Waals surface area contributed by atoms with Crippen LogP contribution in [-0.4, -0.2) is 47.2 Å². The normalized spacial score (nSPS) is 29.1. The Morgan fingerprint density at radius 3 is 2.44 bits per heavy atom. The van der Waals surface area contributed by atoms with Gasteiger partial charge in [-0.25, -0.2) is 4.79 Å². The molecule has 0 radical (unpaired) electrons. The summed E-state index contributed by atoms with van der Waals surface area (Å²) in [6.45, 7) is 0.691. The molecule has 18 heavy (non-hydrogen) atoms. The molecule has 1 amide bonds. The van der Waals surface area contributed by atoms with Gasteiger partial charge >= 0.3 is 5.97 Å². The average Bonchev–Trinajstić information content (AvgIpc) is 2.87. The van der Waals surface area contributed by atoms with Crippen molar-refractivity contribution in [1.29, 1.82) is 0 Å². The Bertz CT molecular complexity index is 317. The van der Waals surface area contributed by atoms with Gasteiger partial charge in [0.1, 0.15) is 6.10 Å². The summed E-state index contributed by atoms with van der Waals surface area (Å²) in [5.41, 5.74) is 0. The number of carbonyl (C=O) groups excluding carboxylic acids is 1. The first-order valence-electron chi connectivity index (χ1n) is 6.40. The van der Waals surface area contributed by atoms with E-state index < -0.39 is 18.2 Å². The predicted molar refractivity (Wildman–Crippen MR) is 68.6 cm³/mol. The number of hydrogen-bond donors (Lipinski definition) is 2. The Labute approximate surface area is 111 Å². The smallest absolute Gasteiger partial charge is 0.332 e. The summed E-state index contributed by atoms with van der Waals surface area (Å²) in [6.07, 6.45) is 1.83. The highest BCUT2D eigenvalue weighted by atomic mass is 32.2. The van der Waals surface area contributed by atoms with E-state index in [2.05, 4.69) is 5.32 Å². The molecular formula is C12H19NO4S. The fourth-order valence-electron chi connectivity index (χ4n) is 2.32. The highest BCUT2D eigenvalue weighted by molar-refractivity contribution is 7.99. The SMILES string of the molecule is O=C(O)C1CCC(C(=O)NCC2CCSCC2)O1. The molecule has 2 saturated heterocycles. The molecule has 5 nitrogen and oxygen atoms in total. The van der Waals surface area contributed by atoms with E-state index in [1.807, 2.05) is 11.8 Å². The van der Waals surface area contributed by atoms with Gasteiger partial charge in [0.2, 0.25) is 5.91 Å². The second kappa shape index (κ2) is 6.43. The van der Waals surface area contributed by atoms with Crippen molar-refractivity contribution < 1.29 is 19.4 Å². The van der Waals surface area contributed by atoms with Gasteiger partial charge in [0.15, 0.2) is 6.10 Å². The zero-order chi connectivity index (χ0) is 13.0. The Morgan fingerprint density at radius 1 is 1.17 bits per heavy atom. The van der Waals surface area contributed by atoms with Crippen LogP contribution in [0, 0.1) is 5.92 Å². The van der Waals surface area contributed by atoms with Gasteiger partial charge in [-0.05, 0) is 43.1 Å². The number of rotatable bonds is 4. The minimum Gasteiger partial charge on any atom is -0.479 e. The zero-order valence-electron chi connectivity index (χ0n) is 10.3. The molecule has 102 valence electrons. The zero-order valence-corrected chi connectivity index (χ0v) is 11.1. The molecule has 0 aromatic rings. The fraction of sp³-hybridized carbons (Fsp3) is 0.833. The Morgan fingerprint density at radius 2 is 1.83 bits per heavy atom. The van der Waals surface area contributed by atoms with E-state index in [4.69, 9.17) is 9.84 Å². The van der Waals surface area contributed by atoms with Crippen molar-refractivity contribution in [2.75, 3.05) is 18.1 Å². The van der Waals surface area contributed by atoms with Crippen LogP contribution in [-0.2, 0) is 14.3 Å². The molecule has 0 aromatic carbocycles. The van der Waals surface area contributed by atoms with E-state index in [9.17, 15) is 9.59 Å². The number of carboxylic acids is 1. The molecule has 0 spiro atoms. The maximum atomic E-state index is 11.8. The molecule has 0 aliphatic carbocycles. The summed E-state index contributed by atoms with van der Waals surface area (Å²) in [6, 6.07) is 0. The molecular weight excluding hydrogens is 254 g/mol. The Hall–Kier alpha value is -0.750. The molecule has 2 unspecified atom stereocenters. The van der Waals surface area contributed by atoms with Crippen molar-refractivity contribution in [3.05, 3.63) is 0 Å². The van der Waals surface area contributed by atoms with Crippen molar-refractivity contribution in [2.24, 2.45) is 5.92 Å². The van der Waals surface area contributed by atoms with Gasteiger partial charge in [0.25, 0.3) is 0 Å². The lowest BCUT2D eigenvalue weighted by molar-refractivity contribution is -0.151. The molecule has 0 saturated carbocycles. The highest BCUT2D eigenvalue weighted by Gasteiger charge is 2.34. The Kier molecular flexibility index (Phi) is 4.88. The molecule has 2 rings (SSSR count). The van der Waals surface area contributed by atoms with Gasteiger partial charge in [-0.15, -0.1) is 0 Å². The molecule has 2 aliphatic heterocycles. The van der Waals surface area contributed by atoms with Gasteiger partial charge in [-0.1, -0.05) is 0 Å².